The molecule has 194 valence electrons. The number of amides is 1. The molecule has 0 radical (unpaired) electrons. The molecule has 2 N–H and O–H groups in total. The molecule has 0 unspecified atom stereocenters. The first kappa shape index (κ1) is 24.8. The summed E-state index contributed by atoms with van der Waals surface area (Å²) < 4.78 is 1.59. The van der Waals surface area contributed by atoms with Crippen molar-refractivity contribution in [3.8, 4) is 11.1 Å². The van der Waals surface area contributed by atoms with E-state index in [1.807, 2.05) is 72.8 Å². The number of pyridine rings is 1. The van der Waals surface area contributed by atoms with E-state index in [-0.39, 0.29) is 29.3 Å². The molecular formula is C33H23N3O4. The fourth-order valence-electron chi connectivity index (χ4n) is 4.75. The van der Waals surface area contributed by atoms with E-state index in [0.717, 1.165) is 27.5 Å². The first-order valence-corrected chi connectivity index (χ1v) is 12.7. The summed E-state index contributed by atoms with van der Waals surface area (Å²) in [4.78, 5) is 43.0. The lowest BCUT2D eigenvalue weighted by atomic mass is 10.0. The smallest absolute Gasteiger partial charge is 0.335 e. The van der Waals surface area contributed by atoms with Gasteiger partial charge in [-0.05, 0) is 57.8 Å². The molecule has 0 aliphatic rings. The predicted molar refractivity (Wildman–Crippen MR) is 153 cm³/mol. The molecule has 2 aromatic heterocycles. The number of aromatic carboxylic acids is 1. The van der Waals surface area contributed by atoms with Crippen molar-refractivity contribution in [1.29, 1.82) is 0 Å². The maximum Gasteiger partial charge on any atom is 0.335 e. The molecule has 0 saturated carbocycles. The highest BCUT2D eigenvalue weighted by Gasteiger charge is 2.21. The third kappa shape index (κ3) is 4.72. The number of rotatable bonds is 7. The Balaban J connectivity index is 1.40. The van der Waals surface area contributed by atoms with Gasteiger partial charge in [0.05, 0.1) is 11.8 Å². The SMILES string of the molecule is O=C(O)c1ccc(CNC(=O)c2cc(-c3ccccc3)cc3ncc(C(=O)c4ccc5ccccc5c4)n23)cc1. The van der Waals surface area contributed by atoms with Crippen LogP contribution in [0.3, 0.4) is 0 Å². The van der Waals surface area contributed by atoms with Gasteiger partial charge in [-0.15, -0.1) is 0 Å². The minimum Gasteiger partial charge on any atom is -0.478 e. The van der Waals surface area contributed by atoms with Crippen LogP contribution < -0.4 is 5.32 Å². The van der Waals surface area contributed by atoms with E-state index < -0.39 is 11.9 Å². The van der Waals surface area contributed by atoms with Crippen LogP contribution in [0.2, 0.25) is 0 Å². The van der Waals surface area contributed by atoms with Crippen LogP contribution in [0.1, 0.15) is 42.5 Å². The Morgan fingerprint density at radius 2 is 1.40 bits per heavy atom. The number of imidazole rings is 1. The first-order chi connectivity index (χ1) is 19.5. The van der Waals surface area contributed by atoms with E-state index in [1.165, 1.54) is 18.3 Å². The quantitative estimate of drug-likeness (QED) is 0.249. The average Bonchev–Trinajstić information content (AvgIpc) is 3.43. The lowest BCUT2D eigenvalue weighted by Gasteiger charge is -2.13. The minimum atomic E-state index is -1.01. The molecule has 0 atom stereocenters. The van der Waals surface area contributed by atoms with Gasteiger partial charge in [-0.25, -0.2) is 9.78 Å². The second-order valence-electron chi connectivity index (χ2n) is 9.41. The summed E-state index contributed by atoms with van der Waals surface area (Å²) in [6, 6.07) is 32.9. The number of nitrogens with zero attached hydrogens (tertiary/aromatic N) is 2. The maximum absolute atomic E-state index is 13.7. The topological polar surface area (TPSA) is 101 Å². The fourth-order valence-corrected chi connectivity index (χ4v) is 4.75. The molecule has 6 aromatic rings. The van der Waals surface area contributed by atoms with Gasteiger partial charge >= 0.3 is 5.97 Å². The standard InChI is InChI=1S/C33H23N3O4/c37-31(26-15-14-23-8-4-5-9-25(23)16-26)29-20-34-30-18-27(22-6-2-1-3-7-22)17-28(36(29)30)32(38)35-19-21-10-12-24(13-11-21)33(39)40/h1-18,20H,19H2,(H,35,38)(H,39,40). The van der Waals surface area contributed by atoms with Crippen molar-refractivity contribution < 1.29 is 19.5 Å². The van der Waals surface area contributed by atoms with E-state index in [4.69, 9.17) is 5.11 Å². The Bertz CT molecular complexity index is 1910. The number of fused-ring (bicyclic) bond motifs is 2. The van der Waals surface area contributed by atoms with Gasteiger partial charge in [-0.1, -0.05) is 78.9 Å². The molecule has 0 fully saturated rings. The zero-order chi connectivity index (χ0) is 27.6. The number of ketones is 1. The fraction of sp³-hybridized carbons (Fsp3) is 0.0303. The minimum absolute atomic E-state index is 0.169. The monoisotopic (exact) mass is 525 g/mol. The summed E-state index contributed by atoms with van der Waals surface area (Å²) in [7, 11) is 0. The van der Waals surface area contributed by atoms with Crippen molar-refractivity contribution in [3.05, 3.63) is 143 Å². The number of benzene rings is 4. The van der Waals surface area contributed by atoms with Crippen LogP contribution in [0.15, 0.2) is 115 Å². The van der Waals surface area contributed by atoms with Gasteiger partial charge in [0.15, 0.2) is 0 Å². The molecule has 0 spiro atoms. The summed E-state index contributed by atoms with van der Waals surface area (Å²) in [6.45, 7) is 0.179. The molecule has 0 aliphatic heterocycles. The number of carboxylic acids is 1. The number of carbonyl (C=O) groups is 3. The van der Waals surface area contributed by atoms with Crippen molar-refractivity contribution in [3.63, 3.8) is 0 Å². The van der Waals surface area contributed by atoms with Crippen molar-refractivity contribution in [2.24, 2.45) is 0 Å². The summed E-state index contributed by atoms with van der Waals surface area (Å²) in [5.41, 5.74) is 4.13. The van der Waals surface area contributed by atoms with Crippen LogP contribution in [-0.2, 0) is 6.54 Å². The Morgan fingerprint density at radius 3 is 2.15 bits per heavy atom. The van der Waals surface area contributed by atoms with Gasteiger partial charge in [-0.3, -0.25) is 14.0 Å². The summed E-state index contributed by atoms with van der Waals surface area (Å²) in [5, 5.41) is 14.0. The molecule has 6 rings (SSSR count). The zero-order valence-corrected chi connectivity index (χ0v) is 21.2. The third-order valence-electron chi connectivity index (χ3n) is 6.84. The third-order valence-corrected chi connectivity index (χ3v) is 6.84. The molecule has 0 bridgehead atoms. The van der Waals surface area contributed by atoms with Crippen LogP contribution in [0.25, 0.3) is 27.5 Å². The number of hydrogen-bond donors (Lipinski definition) is 2. The molecule has 7 heteroatoms. The van der Waals surface area contributed by atoms with Gasteiger partial charge in [0, 0.05) is 12.1 Å². The van der Waals surface area contributed by atoms with E-state index in [1.54, 1.807) is 28.7 Å². The largest absolute Gasteiger partial charge is 0.478 e. The Morgan fingerprint density at radius 1 is 0.700 bits per heavy atom. The molecule has 40 heavy (non-hydrogen) atoms. The van der Waals surface area contributed by atoms with Crippen molar-refractivity contribution >= 4 is 34.1 Å². The van der Waals surface area contributed by atoms with Crippen LogP contribution in [0.5, 0.6) is 0 Å². The number of carbonyl (C=O) groups excluding carboxylic acids is 2. The highest BCUT2D eigenvalue weighted by atomic mass is 16.4. The van der Waals surface area contributed by atoms with Gasteiger partial charge in [0.2, 0.25) is 5.78 Å². The summed E-state index contributed by atoms with van der Waals surface area (Å²) in [5.74, 6) is -1.65. The number of hydrogen-bond acceptors (Lipinski definition) is 4. The second kappa shape index (κ2) is 10.3. The van der Waals surface area contributed by atoms with E-state index in [0.29, 0.717) is 11.2 Å². The molecule has 1 amide bonds. The van der Waals surface area contributed by atoms with Crippen molar-refractivity contribution in [2.75, 3.05) is 0 Å². The highest BCUT2D eigenvalue weighted by molar-refractivity contribution is 6.10. The van der Waals surface area contributed by atoms with Gasteiger partial charge in [0.25, 0.3) is 5.91 Å². The number of aromatic nitrogens is 2. The Kier molecular flexibility index (Phi) is 6.38. The summed E-state index contributed by atoms with van der Waals surface area (Å²) >= 11 is 0. The average molecular weight is 526 g/mol. The van der Waals surface area contributed by atoms with Crippen LogP contribution in [0, 0.1) is 0 Å². The zero-order valence-electron chi connectivity index (χ0n) is 21.2. The molecule has 7 nitrogen and oxygen atoms in total. The lowest BCUT2D eigenvalue weighted by Crippen LogP contribution is -2.26. The molecular weight excluding hydrogens is 502 g/mol. The van der Waals surface area contributed by atoms with Gasteiger partial charge < -0.3 is 10.4 Å². The Labute approximate surface area is 229 Å². The van der Waals surface area contributed by atoms with E-state index in [9.17, 15) is 14.4 Å². The summed E-state index contributed by atoms with van der Waals surface area (Å²) in [6.07, 6.45) is 1.50. The molecule has 0 aliphatic carbocycles. The molecule has 4 aromatic carbocycles. The van der Waals surface area contributed by atoms with Gasteiger partial charge in [-0.2, -0.15) is 0 Å². The number of carboxylic acid groups (broad SMARTS) is 1. The van der Waals surface area contributed by atoms with Gasteiger partial charge in [0.1, 0.15) is 17.0 Å². The van der Waals surface area contributed by atoms with Crippen molar-refractivity contribution in [2.45, 2.75) is 6.54 Å². The van der Waals surface area contributed by atoms with E-state index >= 15 is 0 Å². The predicted octanol–water partition coefficient (Wildman–Crippen LogP) is 6.01. The van der Waals surface area contributed by atoms with Crippen LogP contribution in [0.4, 0.5) is 0 Å². The molecule has 0 saturated heterocycles. The normalized spacial score (nSPS) is 11.0. The van der Waals surface area contributed by atoms with Crippen LogP contribution in [-0.4, -0.2) is 32.2 Å². The number of nitrogens with one attached hydrogen (secondary N) is 1. The Hall–Kier alpha value is -5.56. The van der Waals surface area contributed by atoms with Crippen LogP contribution >= 0.6 is 0 Å². The van der Waals surface area contributed by atoms with Crippen molar-refractivity contribution in [1.82, 2.24) is 14.7 Å². The molecule has 2 heterocycles. The second-order valence-corrected chi connectivity index (χ2v) is 9.41. The maximum atomic E-state index is 13.7. The van der Waals surface area contributed by atoms with E-state index in [2.05, 4.69) is 10.3 Å². The lowest BCUT2D eigenvalue weighted by molar-refractivity contribution is 0.0696. The first-order valence-electron chi connectivity index (χ1n) is 12.7. The highest BCUT2D eigenvalue weighted by Crippen LogP contribution is 2.26.